The molecule has 22 heavy (non-hydrogen) atoms. The van der Waals surface area contributed by atoms with E-state index in [9.17, 15) is 4.79 Å². The molecule has 2 rings (SSSR count). The molecule has 0 aliphatic heterocycles. The van der Waals surface area contributed by atoms with Gasteiger partial charge < -0.3 is 14.8 Å². The highest BCUT2D eigenvalue weighted by atomic mass is 35.5. The van der Waals surface area contributed by atoms with Gasteiger partial charge in [0.1, 0.15) is 11.5 Å². The zero-order chi connectivity index (χ0) is 15.9. The first-order valence-corrected chi connectivity index (χ1v) is 7.12. The van der Waals surface area contributed by atoms with Gasteiger partial charge in [0.25, 0.3) is 0 Å². The minimum absolute atomic E-state index is 0.119. The number of carbonyl (C=O) groups excluding carboxylic acids is 1. The second kappa shape index (κ2) is 7.66. The quantitative estimate of drug-likeness (QED) is 0.887. The lowest BCUT2D eigenvalue weighted by Gasteiger charge is -2.13. The van der Waals surface area contributed by atoms with Crippen molar-refractivity contribution < 1.29 is 14.3 Å². The summed E-state index contributed by atoms with van der Waals surface area (Å²) in [5.74, 6) is 0.845. The summed E-state index contributed by atoms with van der Waals surface area (Å²) in [7, 11) is 3.03. The standard InChI is InChI=1S/C16H17ClN2O3/c1-21-14-9-13(15(22-2)8-12(14)17)19-16(20)6-5-11-4-3-7-18-10-11/h3-4,7-10H,5-6H2,1-2H3,(H,19,20). The van der Waals surface area contributed by atoms with Crippen LogP contribution in [-0.4, -0.2) is 25.1 Å². The molecule has 1 aromatic heterocycles. The van der Waals surface area contributed by atoms with Crippen LogP contribution >= 0.6 is 11.6 Å². The zero-order valence-electron chi connectivity index (χ0n) is 12.4. The van der Waals surface area contributed by atoms with Gasteiger partial charge in [-0.15, -0.1) is 0 Å². The van der Waals surface area contributed by atoms with E-state index in [1.165, 1.54) is 14.2 Å². The lowest BCUT2D eigenvalue weighted by Crippen LogP contribution is -2.13. The van der Waals surface area contributed by atoms with Gasteiger partial charge in [-0.1, -0.05) is 17.7 Å². The zero-order valence-corrected chi connectivity index (χ0v) is 13.2. The summed E-state index contributed by atoms with van der Waals surface area (Å²) < 4.78 is 10.4. The fourth-order valence-corrected chi connectivity index (χ4v) is 2.21. The van der Waals surface area contributed by atoms with E-state index in [1.54, 1.807) is 24.5 Å². The number of methoxy groups -OCH3 is 2. The number of aromatic nitrogens is 1. The molecule has 5 nitrogen and oxygen atoms in total. The lowest BCUT2D eigenvalue weighted by atomic mass is 10.1. The van der Waals surface area contributed by atoms with E-state index in [2.05, 4.69) is 10.3 Å². The first kappa shape index (κ1) is 16.1. The van der Waals surface area contributed by atoms with E-state index in [1.807, 2.05) is 12.1 Å². The number of anilines is 1. The molecule has 6 heteroatoms. The van der Waals surface area contributed by atoms with Crippen molar-refractivity contribution in [3.05, 3.63) is 47.2 Å². The molecule has 0 spiro atoms. The van der Waals surface area contributed by atoms with E-state index >= 15 is 0 Å². The maximum absolute atomic E-state index is 12.1. The molecule has 0 fully saturated rings. The van der Waals surface area contributed by atoms with Gasteiger partial charge in [0, 0.05) is 30.9 Å². The van der Waals surface area contributed by atoms with Crippen molar-refractivity contribution in [1.82, 2.24) is 4.98 Å². The van der Waals surface area contributed by atoms with Gasteiger partial charge >= 0.3 is 0 Å². The number of carbonyl (C=O) groups is 1. The SMILES string of the molecule is COc1cc(NC(=O)CCc2cccnc2)c(OC)cc1Cl. The Hall–Kier alpha value is -2.27. The Morgan fingerprint density at radius 1 is 1.27 bits per heavy atom. The number of rotatable bonds is 6. The van der Waals surface area contributed by atoms with Crippen molar-refractivity contribution in [1.29, 1.82) is 0 Å². The van der Waals surface area contributed by atoms with Crippen molar-refractivity contribution in [2.24, 2.45) is 0 Å². The molecule has 0 atom stereocenters. The van der Waals surface area contributed by atoms with Gasteiger partial charge in [0.15, 0.2) is 0 Å². The topological polar surface area (TPSA) is 60.5 Å². The number of benzene rings is 1. The average molecular weight is 321 g/mol. The number of nitrogens with one attached hydrogen (secondary N) is 1. The molecule has 0 unspecified atom stereocenters. The van der Waals surface area contributed by atoms with E-state index in [0.717, 1.165) is 5.56 Å². The summed E-state index contributed by atoms with van der Waals surface area (Å²) in [6, 6.07) is 7.03. The third-order valence-corrected chi connectivity index (χ3v) is 3.41. The van der Waals surface area contributed by atoms with Crippen LogP contribution in [-0.2, 0) is 11.2 Å². The third kappa shape index (κ3) is 4.11. The Morgan fingerprint density at radius 3 is 2.68 bits per heavy atom. The van der Waals surface area contributed by atoms with Gasteiger partial charge in [0.05, 0.1) is 24.9 Å². The number of hydrogen-bond acceptors (Lipinski definition) is 4. The highest BCUT2D eigenvalue weighted by molar-refractivity contribution is 6.32. The van der Waals surface area contributed by atoms with Gasteiger partial charge in [-0.05, 0) is 18.1 Å². The number of halogens is 1. The average Bonchev–Trinajstić information content (AvgIpc) is 2.55. The molecule has 0 radical (unpaired) electrons. The minimum atomic E-state index is -0.119. The van der Waals surface area contributed by atoms with E-state index in [0.29, 0.717) is 35.1 Å². The highest BCUT2D eigenvalue weighted by Crippen LogP contribution is 2.35. The molecule has 0 saturated carbocycles. The summed E-state index contributed by atoms with van der Waals surface area (Å²) in [5.41, 5.74) is 1.54. The summed E-state index contributed by atoms with van der Waals surface area (Å²) in [5, 5.41) is 3.23. The molecule has 1 N–H and O–H groups in total. The Labute approximate surface area is 134 Å². The molecule has 0 saturated heterocycles. The highest BCUT2D eigenvalue weighted by Gasteiger charge is 2.12. The Bertz CT molecular complexity index is 647. The van der Waals surface area contributed by atoms with E-state index in [-0.39, 0.29) is 5.91 Å². The van der Waals surface area contributed by atoms with Crippen LogP contribution in [0.15, 0.2) is 36.7 Å². The number of nitrogens with zero attached hydrogens (tertiary/aromatic N) is 1. The Kier molecular flexibility index (Phi) is 5.61. The van der Waals surface area contributed by atoms with Crippen molar-refractivity contribution in [3.8, 4) is 11.5 Å². The number of hydrogen-bond donors (Lipinski definition) is 1. The van der Waals surface area contributed by atoms with Crippen molar-refractivity contribution in [2.45, 2.75) is 12.8 Å². The van der Waals surface area contributed by atoms with Crippen LogP contribution in [0.4, 0.5) is 5.69 Å². The van der Waals surface area contributed by atoms with Crippen molar-refractivity contribution in [2.75, 3.05) is 19.5 Å². The summed E-state index contributed by atoms with van der Waals surface area (Å²) in [6.45, 7) is 0. The third-order valence-electron chi connectivity index (χ3n) is 3.11. The van der Waals surface area contributed by atoms with E-state index < -0.39 is 0 Å². The molecule has 1 heterocycles. The number of aryl methyl sites for hydroxylation is 1. The van der Waals surface area contributed by atoms with Crippen LogP contribution in [0.5, 0.6) is 11.5 Å². The number of ether oxygens (including phenoxy) is 2. The molecule has 0 aliphatic rings. The van der Waals surface area contributed by atoms with Crippen LogP contribution in [0.2, 0.25) is 5.02 Å². The number of amides is 1. The largest absolute Gasteiger partial charge is 0.495 e. The first-order chi connectivity index (χ1) is 10.6. The molecule has 1 aromatic carbocycles. The fourth-order valence-electron chi connectivity index (χ4n) is 1.97. The van der Waals surface area contributed by atoms with E-state index in [4.69, 9.17) is 21.1 Å². The van der Waals surface area contributed by atoms with Crippen LogP contribution < -0.4 is 14.8 Å². The second-order valence-corrected chi connectivity index (χ2v) is 5.00. The summed E-state index contributed by atoms with van der Waals surface area (Å²) >= 11 is 6.03. The van der Waals surface area contributed by atoms with Gasteiger partial charge in [-0.2, -0.15) is 0 Å². The maximum Gasteiger partial charge on any atom is 0.224 e. The smallest absolute Gasteiger partial charge is 0.224 e. The minimum Gasteiger partial charge on any atom is -0.495 e. The molecule has 2 aromatic rings. The van der Waals surface area contributed by atoms with Crippen LogP contribution in [0.3, 0.4) is 0 Å². The predicted molar refractivity (Wildman–Crippen MR) is 85.7 cm³/mol. The second-order valence-electron chi connectivity index (χ2n) is 4.60. The molecule has 0 bridgehead atoms. The van der Waals surface area contributed by atoms with Gasteiger partial charge in [-0.3, -0.25) is 9.78 Å². The monoisotopic (exact) mass is 320 g/mol. The summed E-state index contributed by atoms with van der Waals surface area (Å²) in [6.07, 6.45) is 4.42. The lowest BCUT2D eigenvalue weighted by molar-refractivity contribution is -0.116. The molecular formula is C16H17ClN2O3. The summed E-state index contributed by atoms with van der Waals surface area (Å²) in [4.78, 5) is 16.1. The Balaban J connectivity index is 2.04. The van der Waals surface area contributed by atoms with Crippen molar-refractivity contribution in [3.63, 3.8) is 0 Å². The van der Waals surface area contributed by atoms with Crippen LogP contribution in [0.25, 0.3) is 0 Å². The van der Waals surface area contributed by atoms with Crippen LogP contribution in [0, 0.1) is 0 Å². The molecule has 116 valence electrons. The first-order valence-electron chi connectivity index (χ1n) is 6.74. The molecule has 0 aliphatic carbocycles. The predicted octanol–water partition coefficient (Wildman–Crippen LogP) is 3.32. The molecule has 1 amide bonds. The van der Waals surface area contributed by atoms with Crippen LogP contribution in [0.1, 0.15) is 12.0 Å². The van der Waals surface area contributed by atoms with Gasteiger partial charge in [-0.25, -0.2) is 0 Å². The fraction of sp³-hybridized carbons (Fsp3) is 0.250. The van der Waals surface area contributed by atoms with Gasteiger partial charge in [0.2, 0.25) is 5.91 Å². The Morgan fingerprint density at radius 2 is 2.05 bits per heavy atom. The molecular weight excluding hydrogens is 304 g/mol. The van der Waals surface area contributed by atoms with Crippen molar-refractivity contribution >= 4 is 23.2 Å². The normalized spacial score (nSPS) is 10.1. The maximum atomic E-state index is 12.1. The number of pyridine rings is 1.